The molecule has 0 aliphatic heterocycles. The number of halogens is 1. The van der Waals surface area contributed by atoms with Crippen molar-refractivity contribution in [2.24, 2.45) is 10.9 Å². The van der Waals surface area contributed by atoms with E-state index in [1.165, 1.54) is 0 Å². The molecule has 0 atom stereocenters. The molecular formula is C15H33IN4O2. The maximum atomic E-state index is 11.4. The molecule has 0 heterocycles. The van der Waals surface area contributed by atoms with E-state index in [0.29, 0.717) is 38.0 Å². The largest absolute Gasteiger partial charge is 0.380 e. The fourth-order valence-corrected chi connectivity index (χ4v) is 1.53. The second kappa shape index (κ2) is 16.8. The Kier molecular flexibility index (Phi) is 18.1. The van der Waals surface area contributed by atoms with Gasteiger partial charge in [-0.25, -0.2) is 0 Å². The molecule has 0 bridgehead atoms. The van der Waals surface area contributed by atoms with Gasteiger partial charge in [0.25, 0.3) is 0 Å². The molecule has 6 nitrogen and oxygen atoms in total. The van der Waals surface area contributed by atoms with Gasteiger partial charge in [-0.05, 0) is 18.8 Å². The van der Waals surface area contributed by atoms with Crippen molar-refractivity contribution in [3.63, 3.8) is 0 Å². The number of aliphatic imine (C=N–C) groups is 1. The molecular weight excluding hydrogens is 395 g/mol. The Morgan fingerprint density at radius 2 is 1.77 bits per heavy atom. The van der Waals surface area contributed by atoms with Crippen LogP contribution in [0.2, 0.25) is 0 Å². The summed E-state index contributed by atoms with van der Waals surface area (Å²) in [5.74, 6) is 1.44. The first-order chi connectivity index (χ1) is 10.1. The zero-order valence-electron chi connectivity index (χ0n) is 14.4. The Morgan fingerprint density at radius 1 is 1.09 bits per heavy atom. The summed E-state index contributed by atoms with van der Waals surface area (Å²) < 4.78 is 5.52. The zero-order valence-corrected chi connectivity index (χ0v) is 16.7. The number of guanidine groups is 1. The molecule has 0 unspecified atom stereocenters. The van der Waals surface area contributed by atoms with E-state index in [-0.39, 0.29) is 29.9 Å². The van der Waals surface area contributed by atoms with E-state index < -0.39 is 0 Å². The number of hydrogen-bond donors (Lipinski definition) is 3. The minimum absolute atomic E-state index is 0. The van der Waals surface area contributed by atoms with Gasteiger partial charge in [0.2, 0.25) is 5.91 Å². The first kappa shape index (κ1) is 23.7. The molecule has 0 spiro atoms. The highest BCUT2D eigenvalue weighted by Gasteiger charge is 2.01. The number of amides is 1. The second-order valence-electron chi connectivity index (χ2n) is 5.32. The minimum atomic E-state index is 0. The zero-order chi connectivity index (χ0) is 15.9. The van der Waals surface area contributed by atoms with Crippen LogP contribution in [-0.4, -0.2) is 51.8 Å². The summed E-state index contributed by atoms with van der Waals surface area (Å²) >= 11 is 0. The SMILES string of the molecule is CCCNC(=O)CCNC(=NC)NCCOCCC(C)C.I. The molecule has 0 aromatic rings. The minimum Gasteiger partial charge on any atom is -0.380 e. The number of carbonyl (C=O) groups excluding carboxylic acids is 1. The molecule has 22 heavy (non-hydrogen) atoms. The standard InChI is InChI=1S/C15H32N4O2.HI/c1-5-8-17-14(20)6-9-18-15(16-4)19-10-12-21-11-7-13(2)3;/h13H,5-12H2,1-4H3,(H,17,20)(H2,16,18,19);1H. The predicted octanol–water partition coefficient (Wildman–Crippen LogP) is 1.75. The van der Waals surface area contributed by atoms with E-state index in [2.05, 4.69) is 34.8 Å². The first-order valence-electron chi connectivity index (χ1n) is 7.89. The fourth-order valence-electron chi connectivity index (χ4n) is 1.53. The number of carbonyl (C=O) groups is 1. The van der Waals surface area contributed by atoms with Crippen LogP contribution < -0.4 is 16.0 Å². The number of nitrogens with zero attached hydrogens (tertiary/aromatic N) is 1. The van der Waals surface area contributed by atoms with Gasteiger partial charge in [0.1, 0.15) is 0 Å². The Balaban J connectivity index is 0. The summed E-state index contributed by atoms with van der Waals surface area (Å²) in [5, 5.41) is 9.11. The van der Waals surface area contributed by atoms with Crippen LogP contribution in [0.4, 0.5) is 0 Å². The van der Waals surface area contributed by atoms with Crippen LogP contribution in [0.3, 0.4) is 0 Å². The van der Waals surface area contributed by atoms with Crippen molar-refractivity contribution in [3.8, 4) is 0 Å². The lowest BCUT2D eigenvalue weighted by Gasteiger charge is -2.12. The maximum absolute atomic E-state index is 11.4. The van der Waals surface area contributed by atoms with E-state index >= 15 is 0 Å². The molecule has 0 aromatic carbocycles. The third-order valence-corrected chi connectivity index (χ3v) is 2.82. The van der Waals surface area contributed by atoms with Crippen LogP contribution in [-0.2, 0) is 9.53 Å². The van der Waals surface area contributed by atoms with Crippen LogP contribution in [0.5, 0.6) is 0 Å². The molecule has 0 aliphatic rings. The maximum Gasteiger partial charge on any atom is 0.221 e. The second-order valence-corrected chi connectivity index (χ2v) is 5.32. The Hall–Kier alpha value is -0.570. The van der Waals surface area contributed by atoms with Crippen LogP contribution in [0, 0.1) is 5.92 Å². The average Bonchev–Trinajstić information content (AvgIpc) is 2.46. The molecule has 0 rings (SSSR count). The lowest BCUT2D eigenvalue weighted by Crippen LogP contribution is -2.40. The van der Waals surface area contributed by atoms with E-state index in [1.54, 1.807) is 7.05 Å². The van der Waals surface area contributed by atoms with Gasteiger partial charge in [-0.15, -0.1) is 24.0 Å². The van der Waals surface area contributed by atoms with Gasteiger partial charge in [0.15, 0.2) is 5.96 Å². The van der Waals surface area contributed by atoms with Gasteiger partial charge in [-0.1, -0.05) is 20.8 Å². The van der Waals surface area contributed by atoms with Crippen molar-refractivity contribution in [3.05, 3.63) is 0 Å². The van der Waals surface area contributed by atoms with E-state index in [9.17, 15) is 4.79 Å². The van der Waals surface area contributed by atoms with Crippen molar-refractivity contribution in [1.82, 2.24) is 16.0 Å². The van der Waals surface area contributed by atoms with Gasteiger partial charge < -0.3 is 20.7 Å². The van der Waals surface area contributed by atoms with Crippen molar-refractivity contribution >= 4 is 35.8 Å². The summed E-state index contributed by atoms with van der Waals surface area (Å²) in [6, 6.07) is 0. The van der Waals surface area contributed by atoms with Gasteiger partial charge in [0.05, 0.1) is 6.61 Å². The smallest absolute Gasteiger partial charge is 0.221 e. The summed E-state index contributed by atoms with van der Waals surface area (Å²) in [5.41, 5.74) is 0. The number of hydrogen-bond acceptors (Lipinski definition) is 3. The highest BCUT2D eigenvalue weighted by Crippen LogP contribution is 1.98. The molecule has 0 aromatic heterocycles. The third kappa shape index (κ3) is 15.8. The number of ether oxygens (including phenoxy) is 1. The molecule has 0 saturated heterocycles. The molecule has 0 aliphatic carbocycles. The summed E-state index contributed by atoms with van der Waals surface area (Å²) in [6.45, 7) is 9.87. The summed E-state index contributed by atoms with van der Waals surface area (Å²) in [6.07, 6.45) is 2.49. The summed E-state index contributed by atoms with van der Waals surface area (Å²) in [7, 11) is 1.71. The Morgan fingerprint density at radius 3 is 2.36 bits per heavy atom. The van der Waals surface area contributed by atoms with Gasteiger partial charge in [-0.2, -0.15) is 0 Å². The van der Waals surface area contributed by atoms with Crippen LogP contribution in [0.25, 0.3) is 0 Å². The molecule has 0 saturated carbocycles. The fraction of sp³-hybridized carbons (Fsp3) is 0.867. The monoisotopic (exact) mass is 428 g/mol. The molecule has 1 amide bonds. The molecule has 132 valence electrons. The van der Waals surface area contributed by atoms with Crippen molar-refractivity contribution in [1.29, 1.82) is 0 Å². The quantitative estimate of drug-likeness (QED) is 0.203. The van der Waals surface area contributed by atoms with Crippen LogP contribution >= 0.6 is 24.0 Å². The predicted molar refractivity (Wildman–Crippen MR) is 103 cm³/mol. The average molecular weight is 428 g/mol. The highest BCUT2D eigenvalue weighted by molar-refractivity contribution is 14.0. The number of rotatable bonds is 11. The van der Waals surface area contributed by atoms with Crippen LogP contribution in [0.1, 0.15) is 40.0 Å². The van der Waals surface area contributed by atoms with Gasteiger partial charge in [-0.3, -0.25) is 9.79 Å². The lowest BCUT2D eigenvalue weighted by atomic mass is 10.1. The Bertz CT molecular complexity index is 299. The first-order valence-corrected chi connectivity index (χ1v) is 7.89. The molecule has 0 fully saturated rings. The summed E-state index contributed by atoms with van der Waals surface area (Å²) in [4.78, 5) is 15.5. The van der Waals surface area contributed by atoms with Crippen LogP contribution in [0.15, 0.2) is 4.99 Å². The van der Waals surface area contributed by atoms with Gasteiger partial charge >= 0.3 is 0 Å². The third-order valence-electron chi connectivity index (χ3n) is 2.82. The van der Waals surface area contributed by atoms with Crippen molar-refractivity contribution < 1.29 is 9.53 Å². The number of nitrogens with one attached hydrogen (secondary N) is 3. The normalized spacial score (nSPS) is 11.0. The van der Waals surface area contributed by atoms with Gasteiger partial charge in [0, 0.05) is 39.7 Å². The van der Waals surface area contributed by atoms with E-state index in [0.717, 1.165) is 26.0 Å². The highest BCUT2D eigenvalue weighted by atomic mass is 127. The Labute approximate surface area is 152 Å². The molecule has 3 N–H and O–H groups in total. The topological polar surface area (TPSA) is 74.8 Å². The lowest BCUT2D eigenvalue weighted by molar-refractivity contribution is -0.120. The molecule has 7 heteroatoms. The van der Waals surface area contributed by atoms with E-state index in [4.69, 9.17) is 4.74 Å². The van der Waals surface area contributed by atoms with E-state index in [1.807, 2.05) is 6.92 Å². The molecule has 0 radical (unpaired) electrons. The van der Waals surface area contributed by atoms with Crippen molar-refractivity contribution in [2.75, 3.05) is 39.9 Å². The van der Waals surface area contributed by atoms with Crippen molar-refractivity contribution in [2.45, 2.75) is 40.0 Å².